The van der Waals surface area contributed by atoms with E-state index in [-0.39, 0.29) is 30.1 Å². The Morgan fingerprint density at radius 3 is 2.38 bits per heavy atom. The molecule has 0 aliphatic rings. The predicted octanol–water partition coefficient (Wildman–Crippen LogP) is 4.39. The number of nitrogens with zero attached hydrogens (tertiary/aromatic N) is 1. The van der Waals surface area contributed by atoms with Crippen LogP contribution in [0.4, 0.5) is 0 Å². The lowest BCUT2D eigenvalue weighted by Gasteiger charge is -2.08. The zero-order valence-corrected chi connectivity index (χ0v) is 17.2. The van der Waals surface area contributed by atoms with E-state index in [9.17, 15) is 9.59 Å². The average molecular weight is 432 g/mol. The van der Waals surface area contributed by atoms with Crippen LogP contribution in [0.5, 0.6) is 0 Å². The molecule has 1 aromatic heterocycles. The molecule has 0 radical (unpaired) electrons. The van der Waals surface area contributed by atoms with Gasteiger partial charge in [-0.2, -0.15) is 0 Å². The molecule has 0 atom stereocenters. The molecule has 0 saturated carbocycles. The smallest absolute Gasteiger partial charge is 0.257 e. The van der Waals surface area contributed by atoms with Crippen LogP contribution >= 0.6 is 23.2 Å². The Labute approximate surface area is 178 Å². The second-order valence-corrected chi connectivity index (χ2v) is 7.14. The SMILES string of the molecule is Cc1onc(-c2c(Cl)cccc2Cl)c1C(=O)NCCC(=O)NCc1ccccc1. The van der Waals surface area contributed by atoms with Crippen molar-refractivity contribution < 1.29 is 14.1 Å². The summed E-state index contributed by atoms with van der Waals surface area (Å²) in [6.45, 7) is 2.23. The maximum atomic E-state index is 12.7. The second kappa shape index (κ2) is 9.58. The Balaban J connectivity index is 1.60. The van der Waals surface area contributed by atoms with Gasteiger partial charge in [0.05, 0.1) is 10.0 Å². The summed E-state index contributed by atoms with van der Waals surface area (Å²) < 4.78 is 5.19. The van der Waals surface area contributed by atoms with Gasteiger partial charge in [0.2, 0.25) is 5.91 Å². The minimum atomic E-state index is -0.411. The molecule has 2 amide bonds. The van der Waals surface area contributed by atoms with Crippen LogP contribution in [0.2, 0.25) is 10.0 Å². The summed E-state index contributed by atoms with van der Waals surface area (Å²) in [6.07, 6.45) is 0.144. The van der Waals surface area contributed by atoms with Crippen molar-refractivity contribution in [2.45, 2.75) is 19.9 Å². The van der Waals surface area contributed by atoms with Crippen molar-refractivity contribution in [3.05, 3.63) is 75.5 Å². The molecule has 3 aromatic rings. The van der Waals surface area contributed by atoms with Crippen molar-refractivity contribution in [3.8, 4) is 11.3 Å². The average Bonchev–Trinajstić information content (AvgIpc) is 3.08. The highest BCUT2D eigenvalue weighted by Gasteiger charge is 2.24. The quantitative estimate of drug-likeness (QED) is 0.580. The van der Waals surface area contributed by atoms with E-state index in [0.717, 1.165) is 5.56 Å². The van der Waals surface area contributed by atoms with E-state index in [0.29, 0.717) is 27.9 Å². The van der Waals surface area contributed by atoms with Gasteiger partial charge in [0.15, 0.2) is 0 Å². The summed E-state index contributed by atoms with van der Waals surface area (Å²) in [6, 6.07) is 14.6. The molecule has 29 heavy (non-hydrogen) atoms. The van der Waals surface area contributed by atoms with Gasteiger partial charge < -0.3 is 15.2 Å². The van der Waals surface area contributed by atoms with Gasteiger partial charge in [-0.05, 0) is 24.6 Å². The molecule has 0 bridgehead atoms. The molecule has 2 aromatic carbocycles. The maximum Gasteiger partial charge on any atom is 0.257 e. The molecule has 0 spiro atoms. The molecule has 150 valence electrons. The Bertz CT molecular complexity index is 999. The van der Waals surface area contributed by atoms with Gasteiger partial charge in [-0.15, -0.1) is 0 Å². The lowest BCUT2D eigenvalue weighted by molar-refractivity contribution is -0.121. The number of carbonyl (C=O) groups excluding carboxylic acids is 2. The van der Waals surface area contributed by atoms with Crippen LogP contribution in [0.25, 0.3) is 11.3 Å². The van der Waals surface area contributed by atoms with Crippen LogP contribution in [-0.2, 0) is 11.3 Å². The number of aryl methyl sites for hydroxylation is 1. The van der Waals surface area contributed by atoms with Gasteiger partial charge in [-0.1, -0.05) is 64.8 Å². The van der Waals surface area contributed by atoms with Gasteiger partial charge in [-0.3, -0.25) is 9.59 Å². The lowest BCUT2D eigenvalue weighted by atomic mass is 10.1. The van der Waals surface area contributed by atoms with E-state index >= 15 is 0 Å². The molecule has 3 rings (SSSR count). The number of halogens is 2. The van der Waals surface area contributed by atoms with Crippen molar-refractivity contribution in [3.63, 3.8) is 0 Å². The highest BCUT2D eigenvalue weighted by molar-refractivity contribution is 6.39. The third-order valence-electron chi connectivity index (χ3n) is 4.26. The predicted molar refractivity (Wildman–Crippen MR) is 112 cm³/mol. The first kappa shape index (κ1) is 20.9. The van der Waals surface area contributed by atoms with Gasteiger partial charge in [0, 0.05) is 25.1 Å². The fourth-order valence-corrected chi connectivity index (χ4v) is 3.37. The summed E-state index contributed by atoms with van der Waals surface area (Å²) in [5, 5.41) is 10.2. The first-order valence-corrected chi connectivity index (χ1v) is 9.72. The second-order valence-electron chi connectivity index (χ2n) is 6.33. The highest BCUT2D eigenvalue weighted by atomic mass is 35.5. The molecule has 0 saturated heterocycles. The molecule has 0 aliphatic heterocycles. The van der Waals surface area contributed by atoms with E-state index in [1.807, 2.05) is 30.3 Å². The number of hydrogen-bond acceptors (Lipinski definition) is 4. The zero-order valence-electron chi connectivity index (χ0n) is 15.7. The van der Waals surface area contributed by atoms with Gasteiger partial charge in [-0.25, -0.2) is 0 Å². The van der Waals surface area contributed by atoms with Crippen LogP contribution in [-0.4, -0.2) is 23.5 Å². The third kappa shape index (κ3) is 5.16. The molecular weight excluding hydrogens is 413 g/mol. The van der Waals surface area contributed by atoms with Crippen LogP contribution in [0, 0.1) is 6.92 Å². The van der Waals surface area contributed by atoms with Crippen molar-refractivity contribution in [2.24, 2.45) is 0 Å². The lowest BCUT2D eigenvalue weighted by Crippen LogP contribution is -2.30. The fraction of sp³-hybridized carbons (Fsp3) is 0.190. The minimum Gasteiger partial charge on any atom is -0.360 e. The first-order chi connectivity index (χ1) is 14.0. The fourth-order valence-electron chi connectivity index (χ4n) is 2.80. The van der Waals surface area contributed by atoms with Crippen molar-refractivity contribution in [1.29, 1.82) is 0 Å². The van der Waals surface area contributed by atoms with Gasteiger partial charge >= 0.3 is 0 Å². The Kier molecular flexibility index (Phi) is 6.90. The van der Waals surface area contributed by atoms with E-state index in [2.05, 4.69) is 15.8 Å². The first-order valence-electron chi connectivity index (χ1n) is 8.97. The molecular formula is C21H19Cl2N3O3. The molecule has 0 aliphatic carbocycles. The molecule has 0 fully saturated rings. The topological polar surface area (TPSA) is 84.2 Å². The summed E-state index contributed by atoms with van der Waals surface area (Å²) in [7, 11) is 0. The maximum absolute atomic E-state index is 12.7. The van der Waals surface area contributed by atoms with Crippen molar-refractivity contribution >= 4 is 35.0 Å². The molecule has 2 N–H and O–H groups in total. The van der Waals surface area contributed by atoms with Crippen LogP contribution < -0.4 is 10.6 Å². The summed E-state index contributed by atoms with van der Waals surface area (Å²) in [5.41, 5.74) is 1.94. The number of amides is 2. The van der Waals surface area contributed by atoms with E-state index in [1.54, 1.807) is 25.1 Å². The van der Waals surface area contributed by atoms with E-state index in [4.69, 9.17) is 27.7 Å². The highest BCUT2D eigenvalue weighted by Crippen LogP contribution is 2.36. The van der Waals surface area contributed by atoms with Gasteiger partial charge in [0.25, 0.3) is 5.91 Å². The van der Waals surface area contributed by atoms with Crippen molar-refractivity contribution in [1.82, 2.24) is 15.8 Å². The van der Waals surface area contributed by atoms with Crippen LogP contribution in [0.3, 0.4) is 0 Å². The Morgan fingerprint density at radius 1 is 1.00 bits per heavy atom. The largest absolute Gasteiger partial charge is 0.360 e. The Morgan fingerprint density at radius 2 is 1.69 bits per heavy atom. The summed E-state index contributed by atoms with van der Waals surface area (Å²) in [4.78, 5) is 24.7. The number of carbonyl (C=O) groups is 2. The molecule has 8 heteroatoms. The number of benzene rings is 2. The number of rotatable bonds is 7. The summed E-state index contributed by atoms with van der Waals surface area (Å²) >= 11 is 12.5. The number of nitrogens with one attached hydrogen (secondary N) is 2. The normalized spacial score (nSPS) is 10.6. The third-order valence-corrected chi connectivity index (χ3v) is 4.89. The molecule has 1 heterocycles. The minimum absolute atomic E-state index is 0.144. The van der Waals surface area contributed by atoms with Gasteiger partial charge in [0.1, 0.15) is 17.0 Å². The van der Waals surface area contributed by atoms with E-state index in [1.165, 1.54) is 0 Å². The van der Waals surface area contributed by atoms with Crippen LogP contribution in [0.15, 0.2) is 53.1 Å². The Hall–Kier alpha value is -2.83. The number of hydrogen-bond donors (Lipinski definition) is 2. The molecule has 6 nitrogen and oxygen atoms in total. The number of aromatic nitrogens is 1. The van der Waals surface area contributed by atoms with E-state index < -0.39 is 5.91 Å². The summed E-state index contributed by atoms with van der Waals surface area (Å²) in [5.74, 6) is -0.238. The standard InChI is InChI=1S/C21H19Cl2N3O3/c1-13-18(20(26-29-13)19-15(22)8-5-9-16(19)23)21(28)24-11-10-17(27)25-12-14-6-3-2-4-7-14/h2-9H,10-12H2,1H3,(H,24,28)(H,25,27). The molecule has 0 unspecified atom stereocenters. The van der Waals surface area contributed by atoms with Crippen LogP contribution in [0.1, 0.15) is 28.1 Å². The zero-order chi connectivity index (χ0) is 20.8. The monoisotopic (exact) mass is 431 g/mol. The van der Waals surface area contributed by atoms with Crippen molar-refractivity contribution in [2.75, 3.05) is 6.54 Å².